The van der Waals surface area contributed by atoms with Gasteiger partial charge < -0.3 is 44.9 Å². The molecule has 0 unspecified atom stereocenters. The van der Waals surface area contributed by atoms with E-state index < -0.39 is 81.7 Å². The third kappa shape index (κ3) is 12.6. The van der Waals surface area contributed by atoms with Crippen molar-refractivity contribution >= 4 is 87.8 Å². The third-order valence-electron chi connectivity index (χ3n) is 8.94. The molecule has 0 aliphatic carbocycles. The number of benzene rings is 6. The number of rotatable bonds is 11. The van der Waals surface area contributed by atoms with Gasteiger partial charge in [-0.05, 0) is 60.2 Å². The molecule has 1 aromatic heterocycles. The molecule has 7 rings (SSSR count). The van der Waals surface area contributed by atoms with E-state index in [4.69, 9.17) is 0 Å². The zero-order valence-corrected chi connectivity index (χ0v) is 44.0. The summed E-state index contributed by atoms with van der Waals surface area (Å²) in [5, 5.41) is 88.1. The monoisotopic (exact) mass is 1070 g/mol. The van der Waals surface area contributed by atoms with E-state index in [9.17, 15) is 65.9 Å². The summed E-state index contributed by atoms with van der Waals surface area (Å²) in [4.78, 5) is 34.7. The van der Waals surface area contributed by atoms with Crippen molar-refractivity contribution in [1.82, 2.24) is 9.78 Å². The first-order valence-corrected chi connectivity index (χ1v) is 20.0. The average molecular weight is 1070 g/mol. The maximum atomic E-state index is 13.5. The Morgan fingerprint density at radius 3 is 1.76 bits per heavy atom. The molecule has 0 aliphatic heterocycles. The number of carbonyl (C=O) groups excluding carboxylic acids is 2. The summed E-state index contributed by atoms with van der Waals surface area (Å²) >= 11 is 0. The summed E-state index contributed by atoms with van der Waals surface area (Å²) in [5.41, 5.74) is -4.08. The van der Waals surface area contributed by atoms with Crippen LogP contribution >= 0.6 is 0 Å². The fourth-order valence-electron chi connectivity index (χ4n) is 6.06. The summed E-state index contributed by atoms with van der Waals surface area (Å²) < 4.78 is 69.8. The summed E-state index contributed by atoms with van der Waals surface area (Å²) in [6, 6.07) is 15.9. The molecule has 0 atom stereocenters. The largest absolute Gasteiger partial charge is 2.00 e. The Morgan fingerprint density at radius 2 is 1.15 bits per heavy atom. The van der Waals surface area contributed by atoms with Gasteiger partial charge in [-0.3, -0.25) is 13.9 Å². The molecule has 1 heterocycles. The van der Waals surface area contributed by atoms with Crippen LogP contribution in [0.4, 0.5) is 34.1 Å². The molecule has 29 heteroatoms. The van der Waals surface area contributed by atoms with E-state index in [2.05, 4.69) is 35.8 Å². The molecule has 0 saturated carbocycles. The van der Waals surface area contributed by atoms with E-state index in [1.807, 2.05) is 0 Å². The Kier molecular flexibility index (Phi) is 20.6. The van der Waals surface area contributed by atoms with Crippen LogP contribution in [-0.2, 0) is 54.4 Å². The number of fused-ring (bicyclic) bond motifs is 2. The molecule has 0 spiro atoms. The topological polar surface area (TPSA) is 368 Å². The number of nitrogens with zero attached hydrogens (tertiary/aromatic N) is 8. The molecule has 0 bridgehead atoms. The molecule has 332 valence electrons. The molecule has 7 aromatic rings. The summed E-state index contributed by atoms with van der Waals surface area (Å²) in [6.45, 7) is 1.39. The Bertz CT molecular complexity index is 3480. The molecule has 22 nitrogen and oxygen atoms in total. The number of hydrogen-bond acceptors (Lipinski definition) is 18. The predicted molar refractivity (Wildman–Crippen MR) is 204 cm³/mol. The molecule has 67 heavy (non-hydrogen) atoms. The second-order valence-electron chi connectivity index (χ2n) is 12.9. The van der Waals surface area contributed by atoms with E-state index in [0.717, 1.165) is 59.3 Å². The predicted octanol–water partition coefficient (Wildman–Crippen LogP) is -5.90. The van der Waals surface area contributed by atoms with Crippen molar-refractivity contribution in [3.63, 3.8) is 0 Å². The minimum atomic E-state index is -5.14. The van der Waals surface area contributed by atoms with Gasteiger partial charge in [0, 0.05) is 32.8 Å². The molecule has 0 saturated heterocycles. The molecule has 0 amide bonds. The van der Waals surface area contributed by atoms with Crippen molar-refractivity contribution in [2.24, 2.45) is 30.7 Å². The van der Waals surface area contributed by atoms with E-state index in [-0.39, 0.29) is 184 Å². The number of aryl methyl sites for hydroxylation is 1. The Labute approximate surface area is 464 Å². The van der Waals surface area contributed by atoms with Crippen molar-refractivity contribution in [3.8, 4) is 22.9 Å². The maximum Gasteiger partial charge on any atom is 2.00 e. The van der Waals surface area contributed by atoms with Crippen LogP contribution in [0.25, 0.3) is 27.2 Å². The normalized spacial score (nSPS) is 11.4. The van der Waals surface area contributed by atoms with Gasteiger partial charge in [0.05, 0.1) is 45.3 Å². The smallest absolute Gasteiger partial charge is 0.872 e. The SMILES string of the molecule is Cc1[n-]n(-c2ccc3c(N=Nc4c([O-])cc(N=Nc5ccc([O-])c(C(=O)[O-])c5)c5cc(S(=O)(=O)O)ccc45)c([O-])cc(S(=O)(=O)O)c3c2)c(=O)c1N=Nc1ccccc1C(=O)[O-].[Cu+2].[Cu+2].[Na+].[Na+].[Na+]. The number of hydrogen-bond donors (Lipinski definition) is 2. The van der Waals surface area contributed by atoms with Crippen LogP contribution in [0.2, 0.25) is 0 Å². The Balaban J connectivity index is 0.00000308. The second kappa shape index (κ2) is 23.4. The van der Waals surface area contributed by atoms with Crippen molar-refractivity contribution in [2.45, 2.75) is 16.7 Å². The van der Waals surface area contributed by atoms with E-state index >= 15 is 0 Å². The van der Waals surface area contributed by atoms with Crippen LogP contribution in [0.3, 0.4) is 0 Å². The van der Waals surface area contributed by atoms with E-state index in [1.54, 1.807) is 0 Å². The van der Waals surface area contributed by atoms with Gasteiger partial charge in [0.25, 0.3) is 25.8 Å². The van der Waals surface area contributed by atoms with Crippen LogP contribution in [0.1, 0.15) is 26.4 Å². The van der Waals surface area contributed by atoms with Crippen LogP contribution in [0.15, 0.2) is 136 Å². The van der Waals surface area contributed by atoms with Crippen molar-refractivity contribution < 1.29 is 184 Å². The molecular formula is C38H20Cu2N8Na3O14S2+. The van der Waals surface area contributed by atoms with Crippen LogP contribution < -0.4 is 125 Å². The van der Waals surface area contributed by atoms with Crippen molar-refractivity contribution in [3.05, 3.63) is 118 Å². The van der Waals surface area contributed by atoms with Gasteiger partial charge in [0.15, 0.2) is 0 Å². The number of carbonyl (C=O) groups is 2. The zero-order chi connectivity index (χ0) is 44.8. The van der Waals surface area contributed by atoms with Crippen LogP contribution in [-0.4, -0.2) is 42.6 Å². The summed E-state index contributed by atoms with van der Waals surface area (Å²) in [6.07, 6.45) is 0. The summed E-state index contributed by atoms with van der Waals surface area (Å²) in [7, 11) is -9.99. The van der Waals surface area contributed by atoms with Gasteiger partial charge in [-0.1, -0.05) is 60.6 Å². The van der Waals surface area contributed by atoms with Gasteiger partial charge in [-0.2, -0.15) is 32.2 Å². The van der Waals surface area contributed by atoms with E-state index in [0.29, 0.717) is 6.07 Å². The zero-order valence-electron chi connectivity index (χ0n) is 34.5. The number of carboxylic acid groups (broad SMARTS) is 2. The van der Waals surface area contributed by atoms with Gasteiger partial charge >= 0.3 is 123 Å². The molecule has 0 aliphatic rings. The standard InChI is InChI=1S/C38H26N8O14S2.2Cu.3Na/c1-17-33(42-40-27-5-3-2-4-23(27)37(51)52)36(50)46(45-17)19-7-9-22-25(13-19)32(62(58,59)60)16-31(49)35(22)44-43-34-21-10-8-20(61(55,56)57)14-24(21)28(15-30(34)48)41-39-18-6-11-29(47)26(12-18)38(53)54;;;;;/h2-16H,1H3,(H8,39,40,41,42,43,44,45,47,48,49,50,51,52,53,54,55,56,57,58,59,60);;;;;/q;2*+2;3*+1/p-6. The molecule has 6 aromatic carbocycles. The summed E-state index contributed by atoms with van der Waals surface area (Å²) in [5.74, 6) is -6.28. The number of aromatic nitrogens is 2. The number of aromatic carboxylic acids is 2. The number of carboxylic acids is 2. The fourth-order valence-corrected chi connectivity index (χ4v) is 7.27. The van der Waals surface area contributed by atoms with Gasteiger partial charge in [-0.15, -0.1) is 21.0 Å². The van der Waals surface area contributed by atoms with Crippen LogP contribution in [0.5, 0.6) is 17.2 Å². The molecule has 2 radical (unpaired) electrons. The second-order valence-corrected chi connectivity index (χ2v) is 15.7. The average Bonchev–Trinajstić information content (AvgIpc) is 3.50. The molecular weight excluding hydrogens is 1050 g/mol. The minimum absolute atomic E-state index is 0. The fraction of sp³-hybridized carbons (Fsp3) is 0.0263. The third-order valence-corrected chi connectivity index (χ3v) is 10.7. The van der Waals surface area contributed by atoms with Crippen molar-refractivity contribution in [2.75, 3.05) is 0 Å². The van der Waals surface area contributed by atoms with Gasteiger partial charge in [0.1, 0.15) is 10.6 Å². The first-order chi connectivity index (χ1) is 29.2. The van der Waals surface area contributed by atoms with Gasteiger partial charge in [0.2, 0.25) is 0 Å². The Hall–Kier alpha value is -4.15. The van der Waals surface area contributed by atoms with Gasteiger partial charge in [-0.25, -0.2) is 0 Å². The molecule has 2 N–H and O–H groups in total. The van der Waals surface area contributed by atoms with E-state index in [1.165, 1.54) is 37.3 Å². The minimum Gasteiger partial charge on any atom is -0.872 e. The number of azo groups is 3. The first kappa shape index (κ1) is 59.0. The van der Waals surface area contributed by atoms with Crippen molar-refractivity contribution in [1.29, 1.82) is 0 Å². The van der Waals surface area contributed by atoms with Crippen LogP contribution in [0, 0.1) is 6.92 Å². The molecule has 0 fully saturated rings. The maximum absolute atomic E-state index is 13.5. The Morgan fingerprint density at radius 1 is 0.582 bits per heavy atom. The quantitative estimate of drug-likeness (QED) is 0.0692. The first-order valence-electron chi connectivity index (χ1n) is 17.1.